The molecule has 2 heteroatoms. The summed E-state index contributed by atoms with van der Waals surface area (Å²) < 4.78 is 0. The van der Waals surface area contributed by atoms with Crippen LogP contribution in [0.4, 0.5) is 0 Å². The van der Waals surface area contributed by atoms with Crippen LogP contribution in [0.15, 0.2) is 0 Å². The highest BCUT2D eigenvalue weighted by molar-refractivity contribution is 7.80. The number of rotatable bonds is 37. The average Bonchev–Trinajstić information content (AvgIpc) is 2.97. The van der Waals surface area contributed by atoms with Crippen molar-refractivity contribution < 1.29 is 0 Å². The van der Waals surface area contributed by atoms with Crippen LogP contribution < -0.4 is 0 Å². The van der Waals surface area contributed by atoms with E-state index >= 15 is 0 Å². The Hall–Kier alpha value is 0.640. The van der Waals surface area contributed by atoms with Crippen molar-refractivity contribution in [1.82, 2.24) is 0 Å². The molecule has 0 aromatic heterocycles. The van der Waals surface area contributed by atoms with Crippen LogP contribution in [0, 0.1) is 0 Å². The van der Waals surface area contributed by atoms with Crippen LogP contribution >= 0.6 is 24.2 Å². The third-order valence-corrected chi connectivity index (χ3v) is 9.63. The van der Waals surface area contributed by atoms with E-state index in [1.54, 1.807) is 0 Å². The summed E-state index contributed by atoms with van der Waals surface area (Å²) in [7, 11) is 0. The Morgan fingerprint density at radius 1 is 0.200 bits per heavy atom. The Bertz CT molecular complexity index is 374. The molecule has 0 amide bonds. The second kappa shape index (κ2) is 39.6. The van der Waals surface area contributed by atoms with Gasteiger partial charge in [-0.25, -0.2) is 0 Å². The lowest BCUT2D eigenvalue weighted by molar-refractivity contribution is 0.511. The second-order valence-electron chi connectivity index (χ2n) is 13.1. The van der Waals surface area contributed by atoms with E-state index in [1.165, 1.54) is 231 Å². The summed E-state index contributed by atoms with van der Waals surface area (Å²) in [5.41, 5.74) is 0. The summed E-state index contributed by atoms with van der Waals surface area (Å²) in [6.07, 6.45) is 52.4. The molecular weight excluding hydrogens is 524 g/mol. The van der Waals surface area contributed by atoms with E-state index in [2.05, 4.69) is 12.6 Å². The smallest absolute Gasteiger partial charge is 0.0223 e. The van der Waals surface area contributed by atoms with Gasteiger partial charge in [0, 0.05) is 5.88 Å². The number of hydrogen-bond acceptors (Lipinski definition) is 1. The first-order valence-electron chi connectivity index (χ1n) is 19.1. The Morgan fingerprint density at radius 3 is 0.450 bits per heavy atom. The average molecular weight is 602 g/mol. The normalized spacial score (nSPS) is 11.6. The molecular formula is C38H77ClS. The molecule has 0 saturated heterocycles. The largest absolute Gasteiger partial charge is 0.179 e. The molecule has 0 heterocycles. The van der Waals surface area contributed by atoms with Gasteiger partial charge in [-0.15, -0.1) is 11.6 Å². The molecule has 40 heavy (non-hydrogen) atoms. The van der Waals surface area contributed by atoms with E-state index in [4.69, 9.17) is 11.6 Å². The van der Waals surface area contributed by atoms with Crippen molar-refractivity contribution >= 4 is 24.2 Å². The Kier molecular flexibility index (Phi) is 40.3. The van der Waals surface area contributed by atoms with Crippen LogP contribution in [0.2, 0.25) is 0 Å². The number of unbranched alkanes of at least 4 members (excludes halogenated alkanes) is 35. The molecule has 0 rings (SSSR count). The van der Waals surface area contributed by atoms with Gasteiger partial charge in [0.05, 0.1) is 0 Å². The Balaban J connectivity index is 3.01. The van der Waals surface area contributed by atoms with Crippen molar-refractivity contribution in [3.63, 3.8) is 0 Å². The molecule has 0 aliphatic heterocycles. The van der Waals surface area contributed by atoms with Crippen LogP contribution in [0.5, 0.6) is 0 Å². The van der Waals surface area contributed by atoms with Crippen LogP contribution in [0.1, 0.15) is 231 Å². The molecule has 0 atom stereocenters. The lowest BCUT2D eigenvalue weighted by atomic mass is 10.0. The van der Waals surface area contributed by atoms with Gasteiger partial charge in [-0.2, -0.15) is 12.6 Å². The van der Waals surface area contributed by atoms with Crippen molar-refractivity contribution in [3.05, 3.63) is 0 Å². The van der Waals surface area contributed by atoms with Crippen molar-refractivity contribution in [3.8, 4) is 0 Å². The fraction of sp³-hybridized carbons (Fsp3) is 1.00. The quantitative estimate of drug-likeness (QED) is 0.0409. The molecule has 0 aromatic carbocycles. The lowest BCUT2D eigenvalue weighted by Gasteiger charge is -2.05. The molecule has 0 N–H and O–H groups in total. The van der Waals surface area contributed by atoms with Gasteiger partial charge < -0.3 is 0 Å². The zero-order valence-corrected chi connectivity index (χ0v) is 29.3. The highest BCUT2D eigenvalue weighted by atomic mass is 35.5. The van der Waals surface area contributed by atoms with Gasteiger partial charge in [0.25, 0.3) is 0 Å². The first kappa shape index (κ1) is 40.6. The maximum Gasteiger partial charge on any atom is 0.0223 e. The highest BCUT2D eigenvalue weighted by Gasteiger charge is 1.97. The minimum absolute atomic E-state index is 0.846. The number of hydrogen-bond donors (Lipinski definition) is 1. The number of thiol groups is 1. The highest BCUT2D eigenvalue weighted by Crippen LogP contribution is 2.17. The standard InChI is InChI=1S/C38H77ClS/c39-37-35-33-31-29-27-25-23-21-19-17-15-13-11-9-7-5-3-1-2-4-6-8-10-12-14-16-18-20-22-24-26-28-30-32-34-36-38-40/h40H,1-38H2. The molecule has 0 aromatic rings. The SMILES string of the molecule is SCCCCCCCCCCCCCCCCCCCCCCCCCCCCCCCCCCCCCCCl. The first-order valence-corrected chi connectivity index (χ1v) is 20.3. The molecule has 242 valence electrons. The predicted octanol–water partition coefficient (Wildman–Crippen LogP) is 15.2. The van der Waals surface area contributed by atoms with Gasteiger partial charge in [-0.3, -0.25) is 0 Å². The molecule has 0 aliphatic carbocycles. The topological polar surface area (TPSA) is 0 Å². The molecule has 0 saturated carbocycles. The van der Waals surface area contributed by atoms with Gasteiger partial charge in [0.15, 0.2) is 0 Å². The van der Waals surface area contributed by atoms with E-state index < -0.39 is 0 Å². The Labute approximate surface area is 266 Å². The zero-order chi connectivity index (χ0) is 28.9. The monoisotopic (exact) mass is 601 g/mol. The van der Waals surface area contributed by atoms with Gasteiger partial charge in [-0.1, -0.05) is 218 Å². The van der Waals surface area contributed by atoms with Crippen LogP contribution in [0.3, 0.4) is 0 Å². The molecule has 0 nitrogen and oxygen atoms in total. The first-order chi connectivity index (χ1) is 19.9. The minimum atomic E-state index is 0.846. The summed E-state index contributed by atoms with van der Waals surface area (Å²) in [5, 5.41) is 0. The van der Waals surface area contributed by atoms with Crippen LogP contribution in [-0.4, -0.2) is 11.6 Å². The maximum absolute atomic E-state index is 5.73. The number of halogens is 1. The predicted molar refractivity (Wildman–Crippen MR) is 191 cm³/mol. The Morgan fingerprint density at radius 2 is 0.325 bits per heavy atom. The zero-order valence-electron chi connectivity index (χ0n) is 27.7. The van der Waals surface area contributed by atoms with Gasteiger partial charge in [-0.05, 0) is 18.6 Å². The van der Waals surface area contributed by atoms with Crippen molar-refractivity contribution in [1.29, 1.82) is 0 Å². The van der Waals surface area contributed by atoms with E-state index in [-0.39, 0.29) is 0 Å². The van der Waals surface area contributed by atoms with Crippen molar-refractivity contribution in [2.75, 3.05) is 11.6 Å². The fourth-order valence-corrected chi connectivity index (χ4v) is 6.63. The molecule has 0 aliphatic rings. The summed E-state index contributed by atoms with van der Waals surface area (Å²) in [6, 6.07) is 0. The molecule has 0 fully saturated rings. The van der Waals surface area contributed by atoms with E-state index in [0.717, 1.165) is 11.6 Å². The van der Waals surface area contributed by atoms with Gasteiger partial charge in [0.1, 0.15) is 0 Å². The summed E-state index contributed by atoms with van der Waals surface area (Å²) in [6.45, 7) is 0. The third kappa shape index (κ3) is 38.6. The van der Waals surface area contributed by atoms with Gasteiger partial charge >= 0.3 is 0 Å². The molecule has 0 radical (unpaired) electrons. The minimum Gasteiger partial charge on any atom is -0.179 e. The van der Waals surface area contributed by atoms with Gasteiger partial charge in [0.2, 0.25) is 0 Å². The van der Waals surface area contributed by atoms with E-state index in [0.29, 0.717) is 0 Å². The van der Waals surface area contributed by atoms with Crippen LogP contribution in [0.25, 0.3) is 0 Å². The van der Waals surface area contributed by atoms with Crippen molar-refractivity contribution in [2.45, 2.75) is 231 Å². The lowest BCUT2D eigenvalue weighted by Crippen LogP contribution is -1.85. The van der Waals surface area contributed by atoms with E-state index in [9.17, 15) is 0 Å². The summed E-state index contributed by atoms with van der Waals surface area (Å²) in [4.78, 5) is 0. The second-order valence-corrected chi connectivity index (χ2v) is 14.0. The fourth-order valence-electron chi connectivity index (χ4n) is 6.22. The third-order valence-electron chi connectivity index (χ3n) is 9.04. The maximum atomic E-state index is 5.73. The summed E-state index contributed by atoms with van der Waals surface area (Å²) >= 11 is 10.0. The summed E-state index contributed by atoms with van der Waals surface area (Å²) in [5.74, 6) is 1.91. The number of alkyl halides is 1. The molecule has 0 unspecified atom stereocenters. The molecule has 0 spiro atoms. The van der Waals surface area contributed by atoms with Crippen molar-refractivity contribution in [2.24, 2.45) is 0 Å². The van der Waals surface area contributed by atoms with E-state index in [1.807, 2.05) is 0 Å². The molecule has 0 bridgehead atoms. The van der Waals surface area contributed by atoms with Crippen LogP contribution in [-0.2, 0) is 0 Å².